The summed E-state index contributed by atoms with van der Waals surface area (Å²) < 4.78 is 25.0. The summed E-state index contributed by atoms with van der Waals surface area (Å²) in [5.41, 5.74) is 3.41. The van der Waals surface area contributed by atoms with E-state index in [0.29, 0.717) is 18.8 Å². The number of anilines is 1. The van der Waals surface area contributed by atoms with Gasteiger partial charge in [-0.1, -0.05) is 72.8 Å². The van der Waals surface area contributed by atoms with Gasteiger partial charge in [-0.05, 0) is 34.9 Å². The Bertz CT molecular complexity index is 1050. The molecule has 0 atom stereocenters. The quantitative estimate of drug-likeness (QED) is 0.553. The first kappa shape index (κ1) is 21.3. The van der Waals surface area contributed by atoms with Crippen LogP contribution in [0.3, 0.4) is 0 Å². The second-order valence-corrected chi connectivity index (χ2v) is 8.74. The molecule has 0 radical (unpaired) electrons. The number of hydrogen-bond acceptors (Lipinski definition) is 3. The number of carbonyl (C=O) groups is 1. The molecule has 3 aromatic rings. The van der Waals surface area contributed by atoms with E-state index in [1.807, 2.05) is 60.7 Å². The zero-order valence-corrected chi connectivity index (χ0v) is 17.5. The van der Waals surface area contributed by atoms with Crippen LogP contribution in [0.5, 0.6) is 0 Å². The van der Waals surface area contributed by atoms with Crippen molar-refractivity contribution in [3.8, 4) is 0 Å². The first-order valence-corrected chi connectivity index (χ1v) is 11.4. The Morgan fingerprint density at radius 3 is 1.80 bits per heavy atom. The molecule has 5 nitrogen and oxygen atoms in total. The van der Waals surface area contributed by atoms with Crippen LogP contribution in [-0.2, 0) is 27.9 Å². The fourth-order valence-electron chi connectivity index (χ4n) is 2.97. The molecule has 0 unspecified atom stereocenters. The predicted molar refractivity (Wildman–Crippen MR) is 121 cm³/mol. The van der Waals surface area contributed by atoms with E-state index in [-0.39, 0.29) is 5.91 Å². The maximum absolute atomic E-state index is 12.9. The first-order valence-electron chi connectivity index (χ1n) is 9.52. The van der Waals surface area contributed by atoms with Gasteiger partial charge in [-0.2, -0.15) is 0 Å². The van der Waals surface area contributed by atoms with Gasteiger partial charge in [-0.15, -0.1) is 0 Å². The number of nitrogens with one attached hydrogen (secondary N) is 1. The zero-order chi connectivity index (χ0) is 21.4. The van der Waals surface area contributed by atoms with Crippen LogP contribution in [0.4, 0.5) is 5.69 Å². The van der Waals surface area contributed by atoms with Crippen molar-refractivity contribution in [2.24, 2.45) is 0 Å². The number of nitrogens with zero attached hydrogens (tertiary/aromatic N) is 1. The van der Waals surface area contributed by atoms with E-state index in [9.17, 15) is 13.2 Å². The van der Waals surface area contributed by atoms with Crippen LogP contribution in [0, 0.1) is 0 Å². The monoisotopic (exact) mass is 420 g/mol. The molecular formula is C24H24N2O3S. The molecule has 3 aromatic carbocycles. The van der Waals surface area contributed by atoms with Gasteiger partial charge in [-0.25, -0.2) is 8.42 Å². The average Bonchev–Trinajstić information content (AvgIpc) is 2.73. The summed E-state index contributed by atoms with van der Waals surface area (Å²) in [7, 11) is -3.32. The number of amides is 1. The summed E-state index contributed by atoms with van der Waals surface area (Å²) in [6.07, 6.45) is 4.38. The number of benzene rings is 3. The van der Waals surface area contributed by atoms with Gasteiger partial charge in [0.2, 0.25) is 15.9 Å². The van der Waals surface area contributed by atoms with Crippen molar-refractivity contribution in [3.63, 3.8) is 0 Å². The van der Waals surface area contributed by atoms with Crippen molar-refractivity contribution in [2.75, 3.05) is 11.0 Å². The van der Waals surface area contributed by atoms with E-state index in [1.165, 1.54) is 0 Å². The van der Waals surface area contributed by atoms with Gasteiger partial charge in [0.1, 0.15) is 0 Å². The third-order valence-corrected chi connectivity index (χ3v) is 4.98. The highest BCUT2D eigenvalue weighted by molar-refractivity contribution is 7.92. The SMILES string of the molecule is CS(=O)(=O)Nc1ccc(/C=C/C(=O)N(Cc2ccccc2)Cc2ccccc2)cc1. The maximum Gasteiger partial charge on any atom is 0.247 e. The van der Waals surface area contributed by atoms with Crippen molar-refractivity contribution < 1.29 is 13.2 Å². The van der Waals surface area contributed by atoms with E-state index < -0.39 is 10.0 Å². The number of carbonyl (C=O) groups excluding carboxylic acids is 1. The molecule has 0 aliphatic heterocycles. The minimum absolute atomic E-state index is 0.0963. The molecule has 0 aliphatic rings. The second-order valence-electron chi connectivity index (χ2n) is 7.00. The predicted octanol–water partition coefficient (Wildman–Crippen LogP) is 4.30. The highest BCUT2D eigenvalue weighted by Gasteiger charge is 2.12. The smallest absolute Gasteiger partial charge is 0.247 e. The van der Waals surface area contributed by atoms with Crippen molar-refractivity contribution in [1.82, 2.24) is 4.90 Å². The van der Waals surface area contributed by atoms with Gasteiger partial charge in [0.25, 0.3) is 0 Å². The van der Waals surface area contributed by atoms with Crippen molar-refractivity contribution in [2.45, 2.75) is 13.1 Å². The Balaban J connectivity index is 1.73. The molecule has 0 fully saturated rings. The molecule has 0 aromatic heterocycles. The molecule has 6 heteroatoms. The highest BCUT2D eigenvalue weighted by Crippen LogP contribution is 2.14. The standard InChI is InChI=1S/C24H24N2O3S/c1-30(28,29)25-23-15-12-20(13-16-23)14-17-24(27)26(18-21-8-4-2-5-9-21)19-22-10-6-3-7-11-22/h2-17,25H,18-19H2,1H3/b17-14+. The Kier molecular flexibility index (Phi) is 7.03. The Hall–Kier alpha value is -3.38. The Labute approximate surface area is 177 Å². The highest BCUT2D eigenvalue weighted by atomic mass is 32.2. The lowest BCUT2D eigenvalue weighted by Crippen LogP contribution is -2.28. The molecule has 0 aliphatic carbocycles. The summed E-state index contributed by atoms with van der Waals surface area (Å²) in [5, 5.41) is 0. The van der Waals surface area contributed by atoms with Crippen LogP contribution in [0.15, 0.2) is 91.0 Å². The van der Waals surface area contributed by atoms with E-state index in [2.05, 4.69) is 4.72 Å². The summed E-state index contributed by atoms with van der Waals surface area (Å²) >= 11 is 0. The van der Waals surface area contributed by atoms with Crippen LogP contribution in [-0.4, -0.2) is 25.5 Å². The van der Waals surface area contributed by atoms with Gasteiger partial charge in [0.15, 0.2) is 0 Å². The summed E-state index contributed by atoms with van der Waals surface area (Å²) in [5.74, 6) is -0.0963. The number of sulfonamides is 1. The molecule has 1 N–H and O–H groups in total. The normalized spacial score (nSPS) is 11.4. The third-order valence-electron chi connectivity index (χ3n) is 4.38. The van der Waals surface area contributed by atoms with Gasteiger partial charge in [0.05, 0.1) is 6.26 Å². The van der Waals surface area contributed by atoms with E-state index in [4.69, 9.17) is 0 Å². The lowest BCUT2D eigenvalue weighted by atomic mass is 10.1. The van der Waals surface area contributed by atoms with Gasteiger partial charge in [0, 0.05) is 24.9 Å². The molecule has 0 saturated heterocycles. The second kappa shape index (κ2) is 9.89. The number of rotatable bonds is 8. The topological polar surface area (TPSA) is 66.5 Å². The molecule has 0 bridgehead atoms. The van der Waals surface area contributed by atoms with Crippen molar-refractivity contribution >= 4 is 27.7 Å². The molecular weight excluding hydrogens is 396 g/mol. The molecule has 1 amide bonds. The average molecular weight is 421 g/mol. The molecule has 30 heavy (non-hydrogen) atoms. The van der Waals surface area contributed by atoms with Crippen LogP contribution >= 0.6 is 0 Å². The first-order chi connectivity index (χ1) is 14.4. The third kappa shape index (κ3) is 6.90. The summed E-state index contributed by atoms with van der Waals surface area (Å²) in [6, 6.07) is 26.6. The molecule has 0 heterocycles. The Morgan fingerprint density at radius 1 is 0.833 bits per heavy atom. The number of hydrogen-bond donors (Lipinski definition) is 1. The van der Waals surface area contributed by atoms with Crippen LogP contribution < -0.4 is 4.72 Å². The minimum atomic E-state index is -3.32. The van der Waals surface area contributed by atoms with Gasteiger partial charge in [-0.3, -0.25) is 9.52 Å². The largest absolute Gasteiger partial charge is 0.331 e. The maximum atomic E-state index is 12.9. The Morgan fingerprint density at radius 2 is 1.33 bits per heavy atom. The lowest BCUT2D eigenvalue weighted by molar-refractivity contribution is -0.127. The summed E-state index contributed by atoms with van der Waals surface area (Å²) in [6.45, 7) is 1.02. The van der Waals surface area contributed by atoms with Crippen LogP contribution in [0.25, 0.3) is 6.08 Å². The van der Waals surface area contributed by atoms with E-state index >= 15 is 0 Å². The van der Waals surface area contributed by atoms with Crippen molar-refractivity contribution in [1.29, 1.82) is 0 Å². The zero-order valence-electron chi connectivity index (χ0n) is 16.7. The fourth-order valence-corrected chi connectivity index (χ4v) is 3.53. The van der Waals surface area contributed by atoms with Crippen LogP contribution in [0.2, 0.25) is 0 Å². The molecule has 0 saturated carbocycles. The van der Waals surface area contributed by atoms with Gasteiger partial charge >= 0.3 is 0 Å². The van der Waals surface area contributed by atoms with Crippen LogP contribution in [0.1, 0.15) is 16.7 Å². The molecule has 0 spiro atoms. The lowest BCUT2D eigenvalue weighted by Gasteiger charge is -2.21. The van der Waals surface area contributed by atoms with Crippen molar-refractivity contribution in [3.05, 3.63) is 108 Å². The summed E-state index contributed by atoms with van der Waals surface area (Å²) in [4.78, 5) is 14.7. The molecule has 154 valence electrons. The fraction of sp³-hybridized carbons (Fsp3) is 0.125. The minimum Gasteiger partial charge on any atom is -0.331 e. The van der Waals surface area contributed by atoms with Gasteiger partial charge < -0.3 is 4.90 Å². The van der Waals surface area contributed by atoms with E-state index in [1.54, 1.807) is 41.3 Å². The molecule has 3 rings (SSSR count). The van der Waals surface area contributed by atoms with E-state index in [0.717, 1.165) is 22.9 Å².